The zero-order valence-electron chi connectivity index (χ0n) is 14.2. The lowest BCUT2D eigenvalue weighted by atomic mass is 9.79. The summed E-state index contributed by atoms with van der Waals surface area (Å²) in [5, 5.41) is 3.17. The summed E-state index contributed by atoms with van der Waals surface area (Å²) in [4.78, 5) is 28.3. The van der Waals surface area contributed by atoms with Crippen molar-refractivity contribution in [2.24, 2.45) is 5.92 Å². The second-order valence-electron chi connectivity index (χ2n) is 7.28. The molecule has 130 valence electrons. The Labute approximate surface area is 138 Å². The summed E-state index contributed by atoms with van der Waals surface area (Å²) >= 11 is 0. The number of hydrogen-bond acceptors (Lipinski definition) is 4. The van der Waals surface area contributed by atoms with Gasteiger partial charge in [0.2, 0.25) is 11.8 Å². The van der Waals surface area contributed by atoms with Gasteiger partial charge < -0.3 is 15.0 Å². The van der Waals surface area contributed by atoms with E-state index in [1.807, 2.05) is 0 Å². The largest absolute Gasteiger partial charge is 0.379 e. The maximum absolute atomic E-state index is 12.5. The Morgan fingerprint density at radius 3 is 2.57 bits per heavy atom. The fourth-order valence-electron chi connectivity index (χ4n) is 4.29. The van der Waals surface area contributed by atoms with Crippen LogP contribution in [0.15, 0.2) is 0 Å². The third-order valence-electron chi connectivity index (χ3n) is 5.77. The van der Waals surface area contributed by atoms with Gasteiger partial charge in [-0.2, -0.15) is 0 Å². The van der Waals surface area contributed by atoms with E-state index < -0.39 is 0 Å². The quantitative estimate of drug-likeness (QED) is 0.824. The molecular weight excluding hydrogens is 294 g/mol. The van der Waals surface area contributed by atoms with Gasteiger partial charge in [0, 0.05) is 45.2 Å². The maximum atomic E-state index is 12.5. The van der Waals surface area contributed by atoms with Crippen LogP contribution in [0.25, 0.3) is 0 Å². The average Bonchev–Trinajstić information content (AvgIpc) is 2.93. The molecule has 1 N–H and O–H groups in total. The summed E-state index contributed by atoms with van der Waals surface area (Å²) in [6.45, 7) is 4.76. The minimum atomic E-state index is -0.183. The molecule has 1 atom stereocenters. The molecule has 3 aliphatic rings. The van der Waals surface area contributed by atoms with E-state index in [1.165, 1.54) is 19.3 Å². The molecule has 0 aromatic rings. The van der Waals surface area contributed by atoms with Crippen molar-refractivity contribution in [3.8, 4) is 0 Å². The Bertz CT molecular complexity index is 442. The molecule has 2 amide bonds. The summed E-state index contributed by atoms with van der Waals surface area (Å²) in [6.07, 6.45) is 6.41. The van der Waals surface area contributed by atoms with Gasteiger partial charge in [-0.15, -0.1) is 0 Å². The van der Waals surface area contributed by atoms with Gasteiger partial charge in [0.15, 0.2) is 0 Å². The maximum Gasteiger partial charge on any atom is 0.225 e. The Morgan fingerprint density at radius 2 is 1.96 bits per heavy atom. The predicted molar refractivity (Wildman–Crippen MR) is 87.0 cm³/mol. The van der Waals surface area contributed by atoms with E-state index in [4.69, 9.17) is 4.74 Å². The minimum absolute atomic E-state index is 0.0425. The summed E-state index contributed by atoms with van der Waals surface area (Å²) < 4.78 is 5.49. The van der Waals surface area contributed by atoms with E-state index in [1.54, 1.807) is 11.9 Å². The molecule has 0 unspecified atom stereocenters. The van der Waals surface area contributed by atoms with Crippen LogP contribution in [0.4, 0.5) is 0 Å². The molecule has 0 aromatic heterocycles. The number of carbonyl (C=O) groups excluding carboxylic acids is 2. The van der Waals surface area contributed by atoms with E-state index in [-0.39, 0.29) is 23.3 Å². The number of carbonyl (C=O) groups is 2. The molecule has 6 heteroatoms. The number of nitrogens with one attached hydrogen (secondary N) is 1. The SMILES string of the molecule is CN1C[C@@H](C(=O)NCC2(N3CCOCC3)CCCCC2)CC1=O. The molecule has 23 heavy (non-hydrogen) atoms. The molecule has 0 radical (unpaired) electrons. The molecule has 2 saturated heterocycles. The Kier molecular flexibility index (Phi) is 5.21. The van der Waals surface area contributed by atoms with E-state index in [2.05, 4.69) is 10.2 Å². The first-order chi connectivity index (χ1) is 11.1. The van der Waals surface area contributed by atoms with Crippen LogP contribution in [0, 0.1) is 5.92 Å². The first kappa shape index (κ1) is 16.7. The van der Waals surface area contributed by atoms with Crippen LogP contribution in [0.5, 0.6) is 0 Å². The van der Waals surface area contributed by atoms with Gasteiger partial charge in [-0.3, -0.25) is 14.5 Å². The van der Waals surface area contributed by atoms with Gasteiger partial charge in [0.1, 0.15) is 0 Å². The van der Waals surface area contributed by atoms with Crippen molar-refractivity contribution in [1.82, 2.24) is 15.1 Å². The van der Waals surface area contributed by atoms with E-state index in [0.717, 1.165) is 39.1 Å². The van der Waals surface area contributed by atoms with Crippen molar-refractivity contribution in [2.45, 2.75) is 44.1 Å². The van der Waals surface area contributed by atoms with Crippen molar-refractivity contribution in [2.75, 3.05) is 46.4 Å². The summed E-state index contributed by atoms with van der Waals surface area (Å²) in [5.41, 5.74) is 0.0895. The highest BCUT2D eigenvalue weighted by Crippen LogP contribution is 2.34. The third-order valence-corrected chi connectivity index (χ3v) is 5.77. The van der Waals surface area contributed by atoms with Crippen molar-refractivity contribution >= 4 is 11.8 Å². The lowest BCUT2D eigenvalue weighted by Gasteiger charge is -2.48. The fourth-order valence-corrected chi connectivity index (χ4v) is 4.29. The molecule has 0 spiro atoms. The Hall–Kier alpha value is -1.14. The number of morpholine rings is 1. The number of rotatable bonds is 4. The minimum Gasteiger partial charge on any atom is -0.379 e. The van der Waals surface area contributed by atoms with Crippen molar-refractivity contribution in [1.29, 1.82) is 0 Å². The van der Waals surface area contributed by atoms with Gasteiger partial charge in [-0.05, 0) is 12.8 Å². The molecule has 3 fully saturated rings. The highest BCUT2D eigenvalue weighted by Gasteiger charge is 2.40. The number of amides is 2. The number of nitrogens with zero attached hydrogens (tertiary/aromatic N) is 2. The summed E-state index contributed by atoms with van der Waals surface area (Å²) in [5.74, 6) is -0.0653. The van der Waals surface area contributed by atoms with Crippen LogP contribution in [-0.4, -0.2) is 73.6 Å². The molecule has 0 bridgehead atoms. The molecular formula is C17H29N3O3. The van der Waals surface area contributed by atoms with Crippen molar-refractivity contribution in [3.05, 3.63) is 0 Å². The number of hydrogen-bond donors (Lipinski definition) is 1. The topological polar surface area (TPSA) is 61.9 Å². The van der Waals surface area contributed by atoms with Gasteiger partial charge >= 0.3 is 0 Å². The second kappa shape index (κ2) is 7.18. The van der Waals surface area contributed by atoms with Crippen LogP contribution in [0.2, 0.25) is 0 Å². The highest BCUT2D eigenvalue weighted by molar-refractivity contribution is 5.89. The van der Waals surface area contributed by atoms with Crippen LogP contribution < -0.4 is 5.32 Å². The van der Waals surface area contributed by atoms with Crippen LogP contribution in [-0.2, 0) is 14.3 Å². The summed E-state index contributed by atoms with van der Waals surface area (Å²) in [6, 6.07) is 0. The van der Waals surface area contributed by atoms with Crippen LogP contribution >= 0.6 is 0 Å². The lowest BCUT2D eigenvalue weighted by Crippen LogP contribution is -2.60. The van der Waals surface area contributed by atoms with E-state index in [0.29, 0.717) is 19.5 Å². The Balaban J connectivity index is 1.60. The smallest absolute Gasteiger partial charge is 0.225 e. The van der Waals surface area contributed by atoms with Crippen LogP contribution in [0.1, 0.15) is 38.5 Å². The van der Waals surface area contributed by atoms with Crippen molar-refractivity contribution < 1.29 is 14.3 Å². The van der Waals surface area contributed by atoms with Crippen LogP contribution in [0.3, 0.4) is 0 Å². The van der Waals surface area contributed by atoms with Gasteiger partial charge in [-0.1, -0.05) is 19.3 Å². The molecule has 0 aromatic carbocycles. The molecule has 2 aliphatic heterocycles. The lowest BCUT2D eigenvalue weighted by molar-refractivity contribution is -0.128. The van der Waals surface area contributed by atoms with E-state index >= 15 is 0 Å². The molecule has 3 rings (SSSR count). The number of likely N-dealkylation sites (tertiary alicyclic amines) is 1. The van der Waals surface area contributed by atoms with Gasteiger partial charge in [0.25, 0.3) is 0 Å². The standard InChI is InChI=1S/C17H29N3O3/c1-19-12-14(11-15(19)21)16(22)18-13-17(5-3-2-4-6-17)20-7-9-23-10-8-20/h14H,2-13H2,1H3,(H,18,22)/t14-/m0/s1. The number of ether oxygens (including phenoxy) is 1. The predicted octanol–water partition coefficient (Wildman–Crippen LogP) is 0.616. The van der Waals surface area contributed by atoms with Crippen molar-refractivity contribution in [3.63, 3.8) is 0 Å². The zero-order chi connectivity index (χ0) is 16.3. The van der Waals surface area contributed by atoms with E-state index in [9.17, 15) is 9.59 Å². The average molecular weight is 323 g/mol. The molecule has 1 saturated carbocycles. The first-order valence-electron chi connectivity index (χ1n) is 8.95. The third kappa shape index (κ3) is 3.69. The molecule has 2 heterocycles. The summed E-state index contributed by atoms with van der Waals surface area (Å²) in [7, 11) is 1.77. The zero-order valence-corrected chi connectivity index (χ0v) is 14.2. The normalized spacial score (nSPS) is 28.8. The highest BCUT2D eigenvalue weighted by atomic mass is 16.5. The first-order valence-corrected chi connectivity index (χ1v) is 8.95. The van der Waals surface area contributed by atoms with Gasteiger partial charge in [0.05, 0.1) is 19.1 Å². The second-order valence-corrected chi connectivity index (χ2v) is 7.28. The fraction of sp³-hybridized carbons (Fsp3) is 0.882. The molecule has 6 nitrogen and oxygen atoms in total. The monoisotopic (exact) mass is 323 g/mol. The van der Waals surface area contributed by atoms with Gasteiger partial charge in [-0.25, -0.2) is 0 Å². The Morgan fingerprint density at radius 1 is 1.26 bits per heavy atom. The molecule has 1 aliphatic carbocycles.